The largest absolute Gasteiger partial charge is 0.476 e. The second-order valence-electron chi connectivity index (χ2n) is 5.71. The van der Waals surface area contributed by atoms with Crippen molar-refractivity contribution in [2.45, 2.75) is 31.8 Å². The van der Waals surface area contributed by atoms with Gasteiger partial charge in [-0.05, 0) is 37.5 Å². The normalized spacial score (nSPS) is 17.4. The summed E-state index contributed by atoms with van der Waals surface area (Å²) in [6.07, 6.45) is 4.86. The minimum absolute atomic E-state index is 0.0331. The number of carboxylic acid groups (broad SMARTS) is 1. The number of nitrogens with zero attached hydrogens (tertiary/aromatic N) is 2. The number of nitrogens with one attached hydrogen (secondary N) is 1. The van der Waals surface area contributed by atoms with Crippen LogP contribution in [0.25, 0.3) is 5.69 Å². The maximum absolute atomic E-state index is 12.3. The van der Waals surface area contributed by atoms with Gasteiger partial charge in [0.15, 0.2) is 5.69 Å². The molecule has 1 aromatic heterocycles. The highest BCUT2D eigenvalue weighted by atomic mass is 16.5. The SMILES string of the molecule is O=C(CC1CCCCO1)Nc1ccccc1-n1ccc(C(=O)O)n1. The molecule has 2 N–H and O–H groups in total. The summed E-state index contributed by atoms with van der Waals surface area (Å²) in [5.74, 6) is -1.22. The Labute approximate surface area is 139 Å². The molecule has 2 heterocycles. The van der Waals surface area contributed by atoms with Crippen molar-refractivity contribution in [2.24, 2.45) is 0 Å². The third-order valence-electron chi connectivity index (χ3n) is 3.92. The molecule has 24 heavy (non-hydrogen) atoms. The molecule has 1 aliphatic rings. The zero-order valence-corrected chi connectivity index (χ0v) is 13.1. The third kappa shape index (κ3) is 3.80. The molecule has 0 aliphatic carbocycles. The topological polar surface area (TPSA) is 93.5 Å². The van der Waals surface area contributed by atoms with E-state index in [0.29, 0.717) is 24.4 Å². The Morgan fingerprint density at radius 1 is 1.29 bits per heavy atom. The Bertz CT molecular complexity index is 735. The number of benzene rings is 1. The lowest BCUT2D eigenvalue weighted by atomic mass is 10.1. The predicted molar refractivity (Wildman–Crippen MR) is 87.4 cm³/mol. The Balaban J connectivity index is 1.73. The lowest BCUT2D eigenvalue weighted by molar-refractivity contribution is -0.119. The molecule has 2 aromatic rings. The van der Waals surface area contributed by atoms with Crippen LogP contribution in [0.3, 0.4) is 0 Å². The van der Waals surface area contributed by atoms with Crippen LogP contribution in [0.1, 0.15) is 36.2 Å². The van der Waals surface area contributed by atoms with Crippen molar-refractivity contribution in [3.05, 3.63) is 42.2 Å². The van der Waals surface area contributed by atoms with Gasteiger partial charge in [-0.2, -0.15) is 5.10 Å². The van der Waals surface area contributed by atoms with Crippen molar-refractivity contribution >= 4 is 17.6 Å². The van der Waals surface area contributed by atoms with Gasteiger partial charge in [-0.25, -0.2) is 9.48 Å². The van der Waals surface area contributed by atoms with Crippen LogP contribution in [-0.4, -0.2) is 39.5 Å². The number of aromatic carboxylic acids is 1. The summed E-state index contributed by atoms with van der Waals surface area (Å²) >= 11 is 0. The van der Waals surface area contributed by atoms with Gasteiger partial charge in [-0.3, -0.25) is 4.79 Å². The zero-order valence-electron chi connectivity index (χ0n) is 13.1. The standard InChI is InChI=1S/C17H19N3O4/c21-16(11-12-5-3-4-10-24-12)18-13-6-1-2-7-15(13)20-9-8-14(19-20)17(22)23/h1-2,6-9,12H,3-5,10-11H2,(H,18,21)(H,22,23). The Morgan fingerprint density at radius 2 is 2.12 bits per heavy atom. The number of ether oxygens (including phenoxy) is 1. The van der Waals surface area contributed by atoms with Gasteiger partial charge in [0.25, 0.3) is 0 Å². The smallest absolute Gasteiger partial charge is 0.356 e. The Kier molecular flexibility index (Phi) is 4.90. The van der Waals surface area contributed by atoms with Crippen LogP contribution in [0, 0.1) is 0 Å². The minimum atomic E-state index is -1.09. The maximum atomic E-state index is 12.3. The zero-order chi connectivity index (χ0) is 16.9. The number of para-hydroxylation sites is 2. The number of carbonyl (C=O) groups excluding carboxylic acids is 1. The van der Waals surface area contributed by atoms with Crippen LogP contribution < -0.4 is 5.32 Å². The van der Waals surface area contributed by atoms with E-state index in [4.69, 9.17) is 9.84 Å². The van der Waals surface area contributed by atoms with E-state index in [2.05, 4.69) is 10.4 Å². The van der Waals surface area contributed by atoms with Gasteiger partial charge in [0.05, 0.1) is 23.9 Å². The number of hydrogen-bond acceptors (Lipinski definition) is 4. The summed E-state index contributed by atoms with van der Waals surface area (Å²) in [5.41, 5.74) is 1.15. The van der Waals surface area contributed by atoms with Gasteiger partial charge in [0.2, 0.25) is 5.91 Å². The minimum Gasteiger partial charge on any atom is -0.476 e. The summed E-state index contributed by atoms with van der Waals surface area (Å²) in [6.45, 7) is 0.708. The van der Waals surface area contributed by atoms with Crippen LogP contribution in [0.4, 0.5) is 5.69 Å². The summed E-state index contributed by atoms with van der Waals surface area (Å²) in [4.78, 5) is 23.2. The first-order valence-electron chi connectivity index (χ1n) is 7.93. The first kappa shape index (κ1) is 16.2. The number of aromatic nitrogens is 2. The van der Waals surface area contributed by atoms with E-state index >= 15 is 0 Å². The quantitative estimate of drug-likeness (QED) is 0.879. The summed E-state index contributed by atoms with van der Waals surface area (Å²) < 4.78 is 7.03. The van der Waals surface area contributed by atoms with Crippen molar-refractivity contribution < 1.29 is 19.4 Å². The van der Waals surface area contributed by atoms with E-state index < -0.39 is 5.97 Å². The van der Waals surface area contributed by atoms with E-state index in [1.54, 1.807) is 30.5 Å². The number of carbonyl (C=O) groups is 2. The van der Waals surface area contributed by atoms with Crippen LogP contribution in [-0.2, 0) is 9.53 Å². The Morgan fingerprint density at radius 3 is 2.83 bits per heavy atom. The van der Waals surface area contributed by atoms with E-state index in [1.807, 2.05) is 0 Å². The molecule has 0 radical (unpaired) electrons. The molecule has 1 fully saturated rings. The van der Waals surface area contributed by atoms with Crippen molar-refractivity contribution in [1.82, 2.24) is 9.78 Å². The van der Waals surface area contributed by atoms with Gasteiger partial charge in [0, 0.05) is 12.8 Å². The van der Waals surface area contributed by atoms with Gasteiger partial charge in [-0.1, -0.05) is 12.1 Å². The molecule has 1 atom stereocenters. The fraction of sp³-hybridized carbons (Fsp3) is 0.353. The monoisotopic (exact) mass is 329 g/mol. The molecule has 1 aliphatic heterocycles. The molecule has 1 saturated heterocycles. The fourth-order valence-corrected chi connectivity index (χ4v) is 2.73. The molecule has 0 saturated carbocycles. The average molecular weight is 329 g/mol. The molecule has 7 heteroatoms. The van der Waals surface area contributed by atoms with Crippen LogP contribution in [0.5, 0.6) is 0 Å². The molecular weight excluding hydrogens is 310 g/mol. The van der Waals surface area contributed by atoms with E-state index in [1.165, 1.54) is 10.7 Å². The van der Waals surface area contributed by atoms with Gasteiger partial charge in [0.1, 0.15) is 0 Å². The first-order valence-corrected chi connectivity index (χ1v) is 7.93. The second kappa shape index (κ2) is 7.27. The number of anilines is 1. The fourth-order valence-electron chi connectivity index (χ4n) is 2.73. The molecule has 0 spiro atoms. The lowest BCUT2D eigenvalue weighted by Gasteiger charge is -2.22. The highest BCUT2D eigenvalue weighted by Crippen LogP contribution is 2.21. The maximum Gasteiger partial charge on any atom is 0.356 e. The Hall–Kier alpha value is -2.67. The summed E-state index contributed by atoms with van der Waals surface area (Å²) in [5, 5.41) is 15.9. The molecular formula is C17H19N3O4. The van der Waals surface area contributed by atoms with Gasteiger partial charge >= 0.3 is 5.97 Å². The van der Waals surface area contributed by atoms with Crippen molar-refractivity contribution in [3.8, 4) is 5.69 Å². The van der Waals surface area contributed by atoms with Crippen molar-refractivity contribution in [3.63, 3.8) is 0 Å². The highest BCUT2D eigenvalue weighted by Gasteiger charge is 2.18. The highest BCUT2D eigenvalue weighted by molar-refractivity contribution is 5.93. The molecule has 0 bridgehead atoms. The van der Waals surface area contributed by atoms with Crippen LogP contribution in [0.2, 0.25) is 0 Å². The number of carboxylic acids is 1. The van der Waals surface area contributed by atoms with Crippen LogP contribution >= 0.6 is 0 Å². The van der Waals surface area contributed by atoms with Crippen molar-refractivity contribution in [2.75, 3.05) is 11.9 Å². The lowest BCUT2D eigenvalue weighted by Crippen LogP contribution is -2.26. The molecule has 1 amide bonds. The third-order valence-corrected chi connectivity index (χ3v) is 3.92. The predicted octanol–water partition coefficient (Wildman–Crippen LogP) is 2.47. The molecule has 1 unspecified atom stereocenters. The van der Waals surface area contributed by atoms with E-state index in [9.17, 15) is 9.59 Å². The van der Waals surface area contributed by atoms with E-state index in [-0.39, 0.29) is 17.7 Å². The van der Waals surface area contributed by atoms with Gasteiger partial charge < -0.3 is 15.2 Å². The first-order chi connectivity index (χ1) is 11.6. The number of amides is 1. The van der Waals surface area contributed by atoms with Gasteiger partial charge in [-0.15, -0.1) is 0 Å². The van der Waals surface area contributed by atoms with Crippen LogP contribution in [0.15, 0.2) is 36.5 Å². The summed E-state index contributed by atoms with van der Waals surface area (Å²) in [6, 6.07) is 8.55. The molecule has 126 valence electrons. The van der Waals surface area contributed by atoms with E-state index in [0.717, 1.165) is 19.3 Å². The second-order valence-corrected chi connectivity index (χ2v) is 5.71. The molecule has 7 nitrogen and oxygen atoms in total. The summed E-state index contributed by atoms with van der Waals surface area (Å²) in [7, 11) is 0. The average Bonchev–Trinajstić information content (AvgIpc) is 3.06. The molecule has 1 aromatic carbocycles. The van der Waals surface area contributed by atoms with Crippen molar-refractivity contribution in [1.29, 1.82) is 0 Å². The molecule has 3 rings (SSSR count). The number of hydrogen-bond donors (Lipinski definition) is 2. The number of rotatable bonds is 5.